The molecule has 86 valence electrons. The van der Waals surface area contributed by atoms with Crippen molar-refractivity contribution in [3.63, 3.8) is 0 Å². The molecule has 0 N–H and O–H groups in total. The summed E-state index contributed by atoms with van der Waals surface area (Å²) in [4.78, 5) is 2.38. The van der Waals surface area contributed by atoms with Gasteiger partial charge in [0, 0.05) is 19.8 Å². The summed E-state index contributed by atoms with van der Waals surface area (Å²) in [7, 11) is 2.18. The monoisotopic (exact) mass is 201 g/mol. The molecule has 0 saturated carbocycles. The van der Waals surface area contributed by atoms with Gasteiger partial charge < -0.3 is 9.64 Å². The van der Waals surface area contributed by atoms with E-state index in [1.807, 2.05) is 0 Å². The molecule has 14 heavy (non-hydrogen) atoms. The van der Waals surface area contributed by atoms with Crippen LogP contribution in [0.1, 0.15) is 40.0 Å². The Morgan fingerprint density at radius 1 is 1.21 bits per heavy atom. The summed E-state index contributed by atoms with van der Waals surface area (Å²) >= 11 is 0. The van der Waals surface area contributed by atoms with Crippen LogP contribution in [0.2, 0.25) is 0 Å². The van der Waals surface area contributed by atoms with Crippen LogP contribution in [0.15, 0.2) is 0 Å². The highest BCUT2D eigenvalue weighted by molar-refractivity contribution is 4.52. The molecule has 0 spiro atoms. The summed E-state index contributed by atoms with van der Waals surface area (Å²) in [5.41, 5.74) is 0. The second-order valence-electron chi connectivity index (χ2n) is 4.48. The highest BCUT2D eigenvalue weighted by Gasteiger charge is 1.98. The third-order valence-electron chi connectivity index (χ3n) is 2.11. The summed E-state index contributed by atoms with van der Waals surface area (Å²) in [5, 5.41) is 0. The molecule has 1 rings (SSSR count). The lowest BCUT2D eigenvalue weighted by atomic mass is 10.2. The standard InChI is InChI=1S/C8H19N.C4H8O/c1-5-6-9(4)7-8(2)3;1-2-4-5-3-1/h8H,5-7H2,1-4H3;1-4H2. The molecule has 1 fully saturated rings. The molecule has 0 unspecified atom stereocenters. The molecule has 2 nitrogen and oxygen atoms in total. The van der Waals surface area contributed by atoms with Gasteiger partial charge in [-0.05, 0) is 38.8 Å². The lowest BCUT2D eigenvalue weighted by Gasteiger charge is -2.17. The molecule has 1 aliphatic rings. The van der Waals surface area contributed by atoms with Gasteiger partial charge in [-0.1, -0.05) is 20.8 Å². The Morgan fingerprint density at radius 2 is 1.79 bits per heavy atom. The van der Waals surface area contributed by atoms with Crippen molar-refractivity contribution < 1.29 is 4.74 Å². The zero-order chi connectivity index (χ0) is 10.8. The van der Waals surface area contributed by atoms with Gasteiger partial charge in [0.1, 0.15) is 0 Å². The van der Waals surface area contributed by atoms with E-state index in [0.29, 0.717) is 0 Å². The molecule has 0 bridgehead atoms. The first-order valence-corrected chi connectivity index (χ1v) is 5.93. The van der Waals surface area contributed by atoms with E-state index in [0.717, 1.165) is 19.1 Å². The number of hydrogen-bond acceptors (Lipinski definition) is 2. The van der Waals surface area contributed by atoms with Crippen molar-refractivity contribution in [2.45, 2.75) is 40.0 Å². The Morgan fingerprint density at radius 3 is 2.07 bits per heavy atom. The van der Waals surface area contributed by atoms with Crippen LogP contribution in [-0.4, -0.2) is 38.3 Å². The second kappa shape index (κ2) is 9.47. The van der Waals surface area contributed by atoms with Crippen LogP contribution >= 0.6 is 0 Å². The molecule has 0 aliphatic carbocycles. The fourth-order valence-corrected chi connectivity index (χ4v) is 1.61. The SMILES string of the molecule is C1CCOC1.CCCN(C)CC(C)C. The average molecular weight is 201 g/mol. The van der Waals surface area contributed by atoms with Gasteiger partial charge in [0.25, 0.3) is 0 Å². The van der Waals surface area contributed by atoms with Crippen molar-refractivity contribution >= 4 is 0 Å². The molecule has 1 saturated heterocycles. The summed E-state index contributed by atoms with van der Waals surface area (Å²) in [6, 6.07) is 0. The molecule has 0 amide bonds. The lowest BCUT2D eigenvalue weighted by molar-refractivity contribution is 0.198. The minimum atomic E-state index is 0.807. The predicted octanol–water partition coefficient (Wildman–Crippen LogP) is 2.78. The van der Waals surface area contributed by atoms with Gasteiger partial charge in [0.15, 0.2) is 0 Å². The maximum Gasteiger partial charge on any atom is 0.0466 e. The quantitative estimate of drug-likeness (QED) is 0.693. The van der Waals surface area contributed by atoms with Crippen molar-refractivity contribution in [2.75, 3.05) is 33.4 Å². The zero-order valence-corrected chi connectivity index (χ0v) is 10.4. The maximum atomic E-state index is 4.94. The van der Waals surface area contributed by atoms with Gasteiger partial charge in [0.05, 0.1) is 0 Å². The summed E-state index contributed by atoms with van der Waals surface area (Å²) in [5.74, 6) is 0.807. The van der Waals surface area contributed by atoms with Crippen LogP contribution in [-0.2, 0) is 4.74 Å². The number of nitrogens with zero attached hydrogens (tertiary/aromatic N) is 1. The van der Waals surface area contributed by atoms with E-state index < -0.39 is 0 Å². The Bertz CT molecular complexity index is 103. The summed E-state index contributed by atoms with van der Waals surface area (Å²) in [6.45, 7) is 11.2. The summed E-state index contributed by atoms with van der Waals surface area (Å²) in [6.07, 6.45) is 3.82. The number of ether oxygens (including phenoxy) is 1. The van der Waals surface area contributed by atoms with Crippen molar-refractivity contribution in [1.82, 2.24) is 4.90 Å². The van der Waals surface area contributed by atoms with Crippen LogP contribution in [0.4, 0.5) is 0 Å². The third-order valence-corrected chi connectivity index (χ3v) is 2.11. The van der Waals surface area contributed by atoms with E-state index in [2.05, 4.69) is 32.7 Å². The van der Waals surface area contributed by atoms with Gasteiger partial charge in [-0.2, -0.15) is 0 Å². The largest absolute Gasteiger partial charge is 0.381 e. The van der Waals surface area contributed by atoms with Gasteiger partial charge in [-0.15, -0.1) is 0 Å². The van der Waals surface area contributed by atoms with E-state index in [1.54, 1.807) is 0 Å². The Balaban J connectivity index is 0.000000280. The minimum Gasteiger partial charge on any atom is -0.381 e. The third kappa shape index (κ3) is 10.0. The maximum absolute atomic E-state index is 4.94. The van der Waals surface area contributed by atoms with Gasteiger partial charge >= 0.3 is 0 Å². The first-order chi connectivity index (χ1) is 6.66. The normalized spacial score (nSPS) is 15.9. The molecular weight excluding hydrogens is 174 g/mol. The fourth-order valence-electron chi connectivity index (χ4n) is 1.61. The van der Waals surface area contributed by atoms with Crippen LogP contribution in [0.25, 0.3) is 0 Å². The molecule has 1 aliphatic heterocycles. The smallest absolute Gasteiger partial charge is 0.0466 e. The van der Waals surface area contributed by atoms with Crippen molar-refractivity contribution in [3.8, 4) is 0 Å². The molecule has 0 aromatic heterocycles. The molecule has 0 aromatic carbocycles. The van der Waals surface area contributed by atoms with E-state index in [1.165, 1.54) is 32.4 Å². The lowest BCUT2D eigenvalue weighted by Crippen LogP contribution is -2.23. The number of rotatable bonds is 4. The highest BCUT2D eigenvalue weighted by Crippen LogP contribution is 1.98. The highest BCUT2D eigenvalue weighted by atomic mass is 16.5. The van der Waals surface area contributed by atoms with Crippen LogP contribution < -0.4 is 0 Å². The van der Waals surface area contributed by atoms with Crippen LogP contribution in [0, 0.1) is 5.92 Å². The average Bonchev–Trinajstić information content (AvgIpc) is 2.59. The van der Waals surface area contributed by atoms with Crippen molar-refractivity contribution in [3.05, 3.63) is 0 Å². The van der Waals surface area contributed by atoms with Gasteiger partial charge in [0.2, 0.25) is 0 Å². The topological polar surface area (TPSA) is 12.5 Å². The van der Waals surface area contributed by atoms with E-state index in [-0.39, 0.29) is 0 Å². The van der Waals surface area contributed by atoms with Crippen LogP contribution in [0.3, 0.4) is 0 Å². The van der Waals surface area contributed by atoms with E-state index in [9.17, 15) is 0 Å². The Hall–Kier alpha value is -0.0800. The molecule has 0 atom stereocenters. The molecule has 0 radical (unpaired) electrons. The minimum absolute atomic E-state index is 0.807. The Labute approximate surface area is 89.6 Å². The number of hydrogen-bond donors (Lipinski definition) is 0. The zero-order valence-electron chi connectivity index (χ0n) is 10.4. The molecule has 0 aromatic rings. The van der Waals surface area contributed by atoms with Crippen molar-refractivity contribution in [1.29, 1.82) is 0 Å². The molecular formula is C12H27NO. The van der Waals surface area contributed by atoms with Crippen LogP contribution in [0.5, 0.6) is 0 Å². The Kier molecular flexibility index (Phi) is 9.42. The first kappa shape index (κ1) is 13.9. The van der Waals surface area contributed by atoms with E-state index in [4.69, 9.17) is 4.74 Å². The summed E-state index contributed by atoms with van der Waals surface area (Å²) < 4.78 is 4.94. The predicted molar refractivity (Wildman–Crippen MR) is 62.7 cm³/mol. The fraction of sp³-hybridized carbons (Fsp3) is 1.00. The van der Waals surface area contributed by atoms with E-state index >= 15 is 0 Å². The molecule has 1 heterocycles. The van der Waals surface area contributed by atoms with Gasteiger partial charge in [-0.25, -0.2) is 0 Å². The second-order valence-corrected chi connectivity index (χ2v) is 4.48. The van der Waals surface area contributed by atoms with Crippen molar-refractivity contribution in [2.24, 2.45) is 5.92 Å². The molecule has 2 heteroatoms. The first-order valence-electron chi connectivity index (χ1n) is 5.93. The van der Waals surface area contributed by atoms with Gasteiger partial charge in [-0.3, -0.25) is 0 Å².